The summed E-state index contributed by atoms with van der Waals surface area (Å²) < 4.78 is 17.0. The molecular formula is C28H32N6O7. The van der Waals surface area contributed by atoms with Crippen molar-refractivity contribution in [3.63, 3.8) is 0 Å². The molecule has 2 fully saturated rings. The highest BCUT2D eigenvalue weighted by Crippen LogP contribution is 2.34. The predicted molar refractivity (Wildman–Crippen MR) is 146 cm³/mol. The highest BCUT2D eigenvalue weighted by atomic mass is 16.6. The van der Waals surface area contributed by atoms with Crippen molar-refractivity contribution in [2.75, 3.05) is 49.5 Å². The maximum Gasteiger partial charge on any atom is 0.415 e. The monoisotopic (exact) mass is 564 g/mol. The van der Waals surface area contributed by atoms with E-state index in [9.17, 15) is 14.9 Å². The van der Waals surface area contributed by atoms with Crippen molar-refractivity contribution in [1.82, 2.24) is 15.6 Å². The number of ether oxygens (including phenoxy) is 3. The Morgan fingerprint density at radius 2 is 2.15 bits per heavy atom. The van der Waals surface area contributed by atoms with Crippen LogP contribution in [0.3, 0.4) is 0 Å². The lowest BCUT2D eigenvalue weighted by atomic mass is 10.0. The van der Waals surface area contributed by atoms with E-state index in [0.29, 0.717) is 48.4 Å². The number of hydrogen-bond acceptors (Lipinski definition) is 10. The Kier molecular flexibility index (Phi) is 8.81. The molecule has 3 unspecified atom stereocenters. The fourth-order valence-electron chi connectivity index (χ4n) is 5.56. The van der Waals surface area contributed by atoms with Gasteiger partial charge in [-0.15, -0.1) is 0 Å². The molecule has 1 aromatic heterocycles. The van der Waals surface area contributed by atoms with Crippen LogP contribution < -0.4 is 30.3 Å². The van der Waals surface area contributed by atoms with Gasteiger partial charge in [-0.1, -0.05) is 0 Å². The minimum Gasteiger partial charge on any atom is -0.489 e. The fourth-order valence-corrected chi connectivity index (χ4v) is 5.56. The molecule has 0 spiro atoms. The van der Waals surface area contributed by atoms with Crippen molar-refractivity contribution in [1.29, 1.82) is 5.26 Å². The van der Waals surface area contributed by atoms with Gasteiger partial charge in [-0.25, -0.2) is 9.78 Å². The molecule has 0 radical (unpaired) electrons. The van der Waals surface area contributed by atoms with Crippen molar-refractivity contribution in [3.05, 3.63) is 41.0 Å². The molecule has 3 atom stereocenters. The summed E-state index contributed by atoms with van der Waals surface area (Å²) in [6.45, 7) is 3.42. The molecule has 2 saturated heterocycles. The maximum absolute atomic E-state index is 12.5. The number of amides is 2. The number of rotatable bonds is 8. The Bertz CT molecular complexity index is 1340. The molecule has 1 aliphatic carbocycles. The molecule has 4 aliphatic rings. The average Bonchev–Trinajstić information content (AvgIpc) is 3.71. The molecule has 4 heterocycles. The van der Waals surface area contributed by atoms with Crippen LogP contribution >= 0.6 is 0 Å². The van der Waals surface area contributed by atoms with Crippen LogP contribution in [0.4, 0.5) is 16.4 Å². The fraction of sp³-hybridized carbons (Fsp3) is 0.464. The van der Waals surface area contributed by atoms with E-state index < -0.39 is 6.09 Å². The van der Waals surface area contributed by atoms with Gasteiger partial charge < -0.3 is 35.3 Å². The molecule has 13 nitrogen and oxygen atoms in total. The van der Waals surface area contributed by atoms with Crippen LogP contribution in [0.1, 0.15) is 29.5 Å². The van der Waals surface area contributed by atoms with E-state index in [0.717, 1.165) is 50.2 Å². The molecule has 6 rings (SSSR count). The van der Waals surface area contributed by atoms with E-state index in [1.165, 1.54) is 10.5 Å². The van der Waals surface area contributed by atoms with E-state index >= 15 is 0 Å². The Balaban J connectivity index is 0.00000108. The van der Waals surface area contributed by atoms with Gasteiger partial charge in [-0.3, -0.25) is 14.5 Å². The zero-order chi connectivity index (χ0) is 28.8. The number of fused-ring (bicyclic) bond motifs is 2. The summed E-state index contributed by atoms with van der Waals surface area (Å²) in [5.74, 6) is 2.12. The number of aromatic nitrogens is 1. The lowest BCUT2D eigenvalue weighted by molar-refractivity contribution is -0.123. The van der Waals surface area contributed by atoms with Crippen molar-refractivity contribution >= 4 is 30.1 Å². The van der Waals surface area contributed by atoms with Gasteiger partial charge in [0.1, 0.15) is 23.8 Å². The molecule has 2 amide bonds. The number of benzene rings is 1. The van der Waals surface area contributed by atoms with Crippen LogP contribution in [0.25, 0.3) is 0 Å². The lowest BCUT2D eigenvalue weighted by Crippen LogP contribution is -2.30. The van der Waals surface area contributed by atoms with Gasteiger partial charge in [-0.2, -0.15) is 5.26 Å². The van der Waals surface area contributed by atoms with Crippen molar-refractivity contribution in [2.24, 2.45) is 5.92 Å². The molecule has 216 valence electrons. The van der Waals surface area contributed by atoms with Crippen LogP contribution in [-0.4, -0.2) is 80.1 Å². The Morgan fingerprint density at radius 3 is 2.93 bits per heavy atom. The third kappa shape index (κ3) is 6.67. The standard InChI is InChI=1S/C27H30N6O5.CH2O2/c28-11-18-10-21(37-19-3-5-30-13-19)9-17-7-16(8-22(17)18)12-29-6-4-20-14-33(27(35)38-20)24-2-1-23-26(31-24)32-25(34)15-36-23;2-1-3/h1-2,9-10,16,19-20,29-30H,3-8,12-15H2,(H,31,32,34);1H,(H,2,3). The van der Waals surface area contributed by atoms with E-state index in [4.69, 9.17) is 24.1 Å². The quantitative estimate of drug-likeness (QED) is 0.270. The van der Waals surface area contributed by atoms with Gasteiger partial charge in [0.2, 0.25) is 0 Å². The average molecular weight is 565 g/mol. The second kappa shape index (κ2) is 12.8. The topological polar surface area (TPSA) is 175 Å². The zero-order valence-electron chi connectivity index (χ0n) is 22.4. The molecule has 4 N–H and O–H groups in total. The molecule has 1 aromatic carbocycles. The van der Waals surface area contributed by atoms with Crippen LogP contribution in [0, 0.1) is 17.2 Å². The minimum atomic E-state index is -0.452. The summed E-state index contributed by atoms with van der Waals surface area (Å²) in [6.07, 6.45) is 2.89. The summed E-state index contributed by atoms with van der Waals surface area (Å²) in [6, 6.07) is 9.72. The highest BCUT2D eigenvalue weighted by molar-refractivity contribution is 5.95. The summed E-state index contributed by atoms with van der Waals surface area (Å²) in [5.41, 5.74) is 3.05. The van der Waals surface area contributed by atoms with Crippen molar-refractivity contribution in [2.45, 2.75) is 37.9 Å². The summed E-state index contributed by atoms with van der Waals surface area (Å²) in [7, 11) is 0. The molecule has 3 aliphatic heterocycles. The van der Waals surface area contributed by atoms with Crippen LogP contribution in [0.15, 0.2) is 24.3 Å². The molecule has 2 aromatic rings. The second-order valence-electron chi connectivity index (χ2n) is 10.3. The number of carbonyl (C=O) groups excluding carboxylic acids is 2. The van der Waals surface area contributed by atoms with Crippen LogP contribution in [-0.2, 0) is 27.2 Å². The van der Waals surface area contributed by atoms with E-state index in [1.807, 2.05) is 6.07 Å². The summed E-state index contributed by atoms with van der Waals surface area (Å²) in [5, 5.41) is 26.1. The van der Waals surface area contributed by atoms with Gasteiger partial charge in [0, 0.05) is 6.54 Å². The first-order valence-electron chi connectivity index (χ1n) is 13.6. The van der Waals surface area contributed by atoms with E-state index in [2.05, 4.69) is 33.1 Å². The lowest BCUT2D eigenvalue weighted by Gasteiger charge is -2.19. The largest absolute Gasteiger partial charge is 0.489 e. The van der Waals surface area contributed by atoms with Crippen molar-refractivity contribution < 1.29 is 33.7 Å². The van der Waals surface area contributed by atoms with Gasteiger partial charge in [-0.05, 0) is 86.6 Å². The van der Waals surface area contributed by atoms with Gasteiger partial charge in [0.15, 0.2) is 18.2 Å². The number of anilines is 2. The Hall–Kier alpha value is -4.41. The van der Waals surface area contributed by atoms with Gasteiger partial charge in [0.25, 0.3) is 12.4 Å². The first-order chi connectivity index (χ1) is 20.0. The Labute approximate surface area is 236 Å². The highest BCUT2D eigenvalue weighted by Gasteiger charge is 2.34. The third-order valence-corrected chi connectivity index (χ3v) is 7.44. The smallest absolute Gasteiger partial charge is 0.415 e. The summed E-state index contributed by atoms with van der Waals surface area (Å²) >= 11 is 0. The predicted octanol–water partition coefficient (Wildman–Crippen LogP) is 1.45. The van der Waals surface area contributed by atoms with Gasteiger partial charge in [0.05, 0.1) is 18.2 Å². The normalized spacial score (nSPS) is 22.3. The number of carbonyl (C=O) groups is 3. The first-order valence-corrected chi connectivity index (χ1v) is 13.6. The number of pyridine rings is 1. The number of nitrogens with zero attached hydrogens (tertiary/aromatic N) is 3. The third-order valence-electron chi connectivity index (χ3n) is 7.44. The summed E-state index contributed by atoms with van der Waals surface area (Å²) in [4.78, 5) is 38.3. The second-order valence-corrected chi connectivity index (χ2v) is 10.3. The number of carboxylic acid groups (broad SMARTS) is 1. The van der Waals surface area contributed by atoms with E-state index in [1.54, 1.807) is 12.1 Å². The van der Waals surface area contributed by atoms with Gasteiger partial charge >= 0.3 is 6.09 Å². The van der Waals surface area contributed by atoms with E-state index in [-0.39, 0.29) is 31.2 Å². The number of nitriles is 1. The number of hydrogen-bond donors (Lipinski definition) is 4. The molecule has 41 heavy (non-hydrogen) atoms. The number of nitrogens with one attached hydrogen (secondary N) is 3. The minimum absolute atomic E-state index is 0.0465. The number of cyclic esters (lactones) is 1. The first kappa shape index (κ1) is 28.1. The molecule has 0 saturated carbocycles. The van der Waals surface area contributed by atoms with Crippen LogP contribution in [0.2, 0.25) is 0 Å². The molecule has 13 heteroatoms. The Morgan fingerprint density at radius 1 is 1.29 bits per heavy atom. The maximum atomic E-state index is 12.5. The van der Waals surface area contributed by atoms with Crippen LogP contribution in [0.5, 0.6) is 11.5 Å². The van der Waals surface area contributed by atoms with Crippen molar-refractivity contribution in [3.8, 4) is 17.6 Å². The molecule has 0 bridgehead atoms. The molecular weight excluding hydrogens is 532 g/mol. The zero-order valence-corrected chi connectivity index (χ0v) is 22.4. The SMILES string of the molecule is N#Cc1cc(OC2CCNC2)cc2c1CC(CNCCC1CN(c3ccc4c(n3)NC(=O)CO4)C(=O)O1)C2.O=CO.